The first-order chi connectivity index (χ1) is 8.69. The van der Waals surface area contributed by atoms with Gasteiger partial charge < -0.3 is 14.6 Å². The lowest BCUT2D eigenvalue weighted by molar-refractivity contribution is -0.132. The maximum Gasteiger partial charge on any atom is 0.331 e. The molecule has 0 amide bonds. The lowest BCUT2D eigenvalue weighted by Crippen LogP contribution is -2.03. The van der Waals surface area contributed by atoms with E-state index in [1.165, 1.54) is 0 Å². The van der Waals surface area contributed by atoms with Gasteiger partial charge in [-0.2, -0.15) is 0 Å². The van der Waals surface area contributed by atoms with Crippen LogP contribution >= 0.6 is 0 Å². The second kappa shape index (κ2) is 7.37. The lowest BCUT2D eigenvalue weighted by atomic mass is 10.2. The Hall–Kier alpha value is -1.97. The topological polar surface area (TPSA) is 55.8 Å². The molecular formula is C14H18O4. The summed E-state index contributed by atoms with van der Waals surface area (Å²) in [6.07, 6.45) is 2.05. The molecule has 4 nitrogen and oxygen atoms in total. The maximum absolute atomic E-state index is 10.8. The standard InChI is InChI=1S/C14H18O4/c1-3-11(14(15)16)9-10-18-13-8-6-5-7-12(13)17-4-2/h5-9H,3-4,10H2,1-2H3,(H,15,16). The van der Waals surface area contributed by atoms with Crippen molar-refractivity contribution in [3.05, 3.63) is 35.9 Å². The van der Waals surface area contributed by atoms with Gasteiger partial charge >= 0.3 is 5.97 Å². The van der Waals surface area contributed by atoms with Gasteiger partial charge in [0.25, 0.3) is 0 Å². The van der Waals surface area contributed by atoms with E-state index in [2.05, 4.69) is 0 Å². The Labute approximate surface area is 107 Å². The first kappa shape index (κ1) is 14.1. The number of carbonyl (C=O) groups is 1. The zero-order valence-electron chi connectivity index (χ0n) is 10.7. The Bertz CT molecular complexity index is 424. The molecule has 0 atom stereocenters. The number of carboxylic acid groups (broad SMARTS) is 1. The van der Waals surface area contributed by atoms with Gasteiger partial charge in [-0.15, -0.1) is 0 Å². The van der Waals surface area contributed by atoms with Crippen molar-refractivity contribution in [2.75, 3.05) is 13.2 Å². The van der Waals surface area contributed by atoms with Gasteiger partial charge in [0.15, 0.2) is 11.5 Å². The van der Waals surface area contributed by atoms with Crippen molar-refractivity contribution in [3.63, 3.8) is 0 Å². The minimum atomic E-state index is -0.904. The maximum atomic E-state index is 10.8. The molecule has 1 aromatic carbocycles. The van der Waals surface area contributed by atoms with Crippen molar-refractivity contribution in [3.8, 4) is 11.5 Å². The van der Waals surface area contributed by atoms with E-state index in [1.807, 2.05) is 25.1 Å². The smallest absolute Gasteiger partial charge is 0.331 e. The van der Waals surface area contributed by atoms with E-state index in [0.29, 0.717) is 30.1 Å². The predicted molar refractivity (Wildman–Crippen MR) is 69.1 cm³/mol. The average molecular weight is 250 g/mol. The number of para-hydroxylation sites is 2. The van der Waals surface area contributed by atoms with Crippen LogP contribution < -0.4 is 9.47 Å². The monoisotopic (exact) mass is 250 g/mol. The van der Waals surface area contributed by atoms with Crippen molar-refractivity contribution in [1.82, 2.24) is 0 Å². The highest BCUT2D eigenvalue weighted by Gasteiger charge is 2.05. The molecule has 4 heteroatoms. The molecule has 0 unspecified atom stereocenters. The normalized spacial score (nSPS) is 11.1. The first-order valence-corrected chi connectivity index (χ1v) is 5.96. The Morgan fingerprint density at radius 2 is 1.83 bits per heavy atom. The van der Waals surface area contributed by atoms with Gasteiger partial charge in [-0.25, -0.2) is 4.79 Å². The van der Waals surface area contributed by atoms with E-state index in [1.54, 1.807) is 19.1 Å². The molecule has 0 aromatic heterocycles. The molecule has 1 rings (SSSR count). The highest BCUT2D eigenvalue weighted by molar-refractivity contribution is 5.86. The fourth-order valence-corrected chi connectivity index (χ4v) is 1.46. The molecule has 1 aromatic rings. The SMILES string of the molecule is CCOc1ccccc1OCC=C(CC)C(=O)O. The number of carboxylic acids is 1. The van der Waals surface area contributed by atoms with Gasteiger partial charge in [-0.05, 0) is 31.6 Å². The quantitative estimate of drug-likeness (QED) is 0.756. The highest BCUT2D eigenvalue weighted by Crippen LogP contribution is 2.26. The Morgan fingerprint density at radius 1 is 1.22 bits per heavy atom. The fourth-order valence-electron chi connectivity index (χ4n) is 1.46. The van der Waals surface area contributed by atoms with Crippen molar-refractivity contribution < 1.29 is 19.4 Å². The van der Waals surface area contributed by atoms with Gasteiger partial charge in [0.2, 0.25) is 0 Å². The second-order valence-electron chi connectivity index (χ2n) is 3.58. The zero-order chi connectivity index (χ0) is 13.4. The third-order valence-electron chi connectivity index (χ3n) is 2.37. The molecule has 0 fully saturated rings. The Balaban J connectivity index is 2.66. The third-order valence-corrected chi connectivity index (χ3v) is 2.37. The third kappa shape index (κ3) is 4.13. The average Bonchev–Trinajstić information content (AvgIpc) is 2.36. The molecule has 0 aliphatic rings. The number of ether oxygens (including phenoxy) is 2. The summed E-state index contributed by atoms with van der Waals surface area (Å²) in [6, 6.07) is 7.33. The molecule has 0 saturated heterocycles. The molecule has 0 heterocycles. The molecule has 0 aliphatic carbocycles. The van der Waals surface area contributed by atoms with Gasteiger partial charge in [0.05, 0.1) is 6.61 Å². The zero-order valence-corrected chi connectivity index (χ0v) is 10.7. The van der Waals surface area contributed by atoms with Crippen molar-refractivity contribution >= 4 is 5.97 Å². The minimum Gasteiger partial charge on any atom is -0.490 e. The highest BCUT2D eigenvalue weighted by atomic mass is 16.5. The van der Waals surface area contributed by atoms with Crippen LogP contribution in [-0.2, 0) is 4.79 Å². The number of benzene rings is 1. The minimum absolute atomic E-state index is 0.222. The van der Waals surface area contributed by atoms with Gasteiger partial charge in [0.1, 0.15) is 6.61 Å². The van der Waals surface area contributed by atoms with E-state index in [9.17, 15) is 4.79 Å². The van der Waals surface area contributed by atoms with E-state index in [-0.39, 0.29) is 6.61 Å². The largest absolute Gasteiger partial charge is 0.490 e. The van der Waals surface area contributed by atoms with Crippen LogP contribution in [0.1, 0.15) is 20.3 Å². The molecule has 0 spiro atoms. The van der Waals surface area contributed by atoms with E-state index < -0.39 is 5.97 Å². The number of hydrogen-bond donors (Lipinski definition) is 1. The fraction of sp³-hybridized carbons (Fsp3) is 0.357. The van der Waals surface area contributed by atoms with Crippen LogP contribution in [0, 0.1) is 0 Å². The summed E-state index contributed by atoms with van der Waals surface area (Å²) in [5, 5.41) is 8.86. The van der Waals surface area contributed by atoms with Crippen molar-refractivity contribution in [1.29, 1.82) is 0 Å². The molecule has 1 N–H and O–H groups in total. The molecule has 0 radical (unpaired) electrons. The van der Waals surface area contributed by atoms with Gasteiger partial charge in [0, 0.05) is 5.57 Å². The Morgan fingerprint density at radius 3 is 2.33 bits per heavy atom. The van der Waals surface area contributed by atoms with Crippen LogP contribution in [0.3, 0.4) is 0 Å². The van der Waals surface area contributed by atoms with Crippen LogP contribution in [0.25, 0.3) is 0 Å². The molecule has 0 bridgehead atoms. The number of hydrogen-bond acceptors (Lipinski definition) is 3. The summed E-state index contributed by atoms with van der Waals surface area (Å²) in [7, 11) is 0. The predicted octanol–water partition coefficient (Wildman–Crippen LogP) is 2.89. The van der Waals surface area contributed by atoms with Crippen molar-refractivity contribution in [2.45, 2.75) is 20.3 Å². The first-order valence-electron chi connectivity index (χ1n) is 5.96. The van der Waals surface area contributed by atoms with Crippen LogP contribution in [0.2, 0.25) is 0 Å². The summed E-state index contributed by atoms with van der Waals surface area (Å²) >= 11 is 0. The van der Waals surface area contributed by atoms with E-state index >= 15 is 0 Å². The van der Waals surface area contributed by atoms with Gasteiger partial charge in [-0.1, -0.05) is 19.1 Å². The van der Waals surface area contributed by atoms with Crippen LogP contribution in [0.4, 0.5) is 0 Å². The number of rotatable bonds is 7. The molecule has 0 aliphatic heterocycles. The summed E-state index contributed by atoms with van der Waals surface area (Å²) < 4.78 is 10.9. The number of aliphatic carboxylic acids is 1. The molecule has 98 valence electrons. The van der Waals surface area contributed by atoms with Crippen LogP contribution in [0.15, 0.2) is 35.9 Å². The van der Waals surface area contributed by atoms with E-state index in [0.717, 1.165) is 0 Å². The summed E-state index contributed by atoms with van der Waals surface area (Å²) in [6.45, 7) is 4.48. The van der Waals surface area contributed by atoms with Crippen LogP contribution in [-0.4, -0.2) is 24.3 Å². The van der Waals surface area contributed by atoms with E-state index in [4.69, 9.17) is 14.6 Å². The summed E-state index contributed by atoms with van der Waals surface area (Å²) in [5.41, 5.74) is 0.351. The summed E-state index contributed by atoms with van der Waals surface area (Å²) in [4.78, 5) is 10.8. The summed E-state index contributed by atoms with van der Waals surface area (Å²) in [5.74, 6) is 0.386. The van der Waals surface area contributed by atoms with Crippen molar-refractivity contribution in [2.24, 2.45) is 0 Å². The van der Waals surface area contributed by atoms with Gasteiger partial charge in [-0.3, -0.25) is 0 Å². The second-order valence-corrected chi connectivity index (χ2v) is 3.58. The Kier molecular flexibility index (Phi) is 5.77. The lowest BCUT2D eigenvalue weighted by Gasteiger charge is -2.10. The van der Waals surface area contributed by atoms with Crippen LogP contribution in [0.5, 0.6) is 11.5 Å². The molecular weight excluding hydrogens is 232 g/mol. The molecule has 18 heavy (non-hydrogen) atoms. The molecule has 0 saturated carbocycles.